The van der Waals surface area contributed by atoms with Gasteiger partial charge in [0.05, 0.1) is 13.7 Å². The topological polar surface area (TPSA) is 138 Å². The van der Waals surface area contributed by atoms with Crippen molar-refractivity contribution in [3.63, 3.8) is 0 Å². The molecule has 0 unspecified atom stereocenters. The Bertz CT molecular complexity index is 915. The quantitative estimate of drug-likeness (QED) is 0.418. The summed E-state index contributed by atoms with van der Waals surface area (Å²) in [5.74, 6) is -0.794. The van der Waals surface area contributed by atoms with E-state index < -0.39 is 24.0 Å². The molecular weight excluding hydrogens is 376 g/mol. The number of aliphatic hydroxyl groups is 1. The van der Waals surface area contributed by atoms with Crippen LogP contribution in [-0.2, 0) is 14.3 Å². The standard InChI is InChI=1S/C20H22N4O5/c1-28-15-4-2-3-14(11-15)24-9-10-29-17(20(24)27)16(25)19(26)23-13-7-5-12(6-8-13)18(21)22/h2-8,11,16-17,25H,9-10H2,1H3,(H3,21,22)(H,23,26)/t16-,17-/m1/s1. The van der Waals surface area contributed by atoms with Crippen molar-refractivity contribution in [1.29, 1.82) is 5.41 Å². The fraction of sp³-hybridized carbons (Fsp3) is 0.250. The van der Waals surface area contributed by atoms with Gasteiger partial charge in [-0.1, -0.05) is 6.07 Å². The van der Waals surface area contributed by atoms with Gasteiger partial charge >= 0.3 is 0 Å². The third kappa shape index (κ3) is 4.53. The zero-order valence-corrected chi connectivity index (χ0v) is 15.8. The first kappa shape index (κ1) is 20.3. The Morgan fingerprint density at radius 2 is 2.07 bits per heavy atom. The number of hydrogen-bond donors (Lipinski definition) is 4. The van der Waals surface area contributed by atoms with E-state index in [4.69, 9.17) is 20.6 Å². The molecular formula is C20H22N4O5. The molecule has 0 saturated carbocycles. The number of amides is 2. The second kappa shape index (κ2) is 8.72. The molecule has 0 spiro atoms. The van der Waals surface area contributed by atoms with Crippen molar-refractivity contribution >= 4 is 29.0 Å². The summed E-state index contributed by atoms with van der Waals surface area (Å²) in [5, 5.41) is 20.3. The summed E-state index contributed by atoms with van der Waals surface area (Å²) in [4.78, 5) is 26.7. The highest BCUT2D eigenvalue weighted by atomic mass is 16.5. The third-order valence-corrected chi connectivity index (χ3v) is 4.51. The lowest BCUT2D eigenvalue weighted by Crippen LogP contribution is -2.55. The fourth-order valence-electron chi connectivity index (χ4n) is 2.95. The molecule has 0 bridgehead atoms. The van der Waals surface area contributed by atoms with Gasteiger partial charge in [-0.3, -0.25) is 15.0 Å². The Morgan fingerprint density at radius 3 is 2.72 bits per heavy atom. The highest BCUT2D eigenvalue weighted by Gasteiger charge is 2.39. The van der Waals surface area contributed by atoms with Crippen LogP contribution in [0.5, 0.6) is 5.75 Å². The van der Waals surface area contributed by atoms with Crippen LogP contribution in [0, 0.1) is 5.41 Å². The minimum Gasteiger partial charge on any atom is -0.497 e. The number of aliphatic hydroxyl groups excluding tert-OH is 1. The second-order valence-corrected chi connectivity index (χ2v) is 6.41. The van der Waals surface area contributed by atoms with E-state index >= 15 is 0 Å². The van der Waals surface area contributed by atoms with E-state index in [1.165, 1.54) is 12.0 Å². The minimum absolute atomic E-state index is 0.0956. The van der Waals surface area contributed by atoms with Gasteiger partial charge in [-0.15, -0.1) is 0 Å². The number of carbonyl (C=O) groups excluding carboxylic acids is 2. The smallest absolute Gasteiger partial charge is 0.259 e. The van der Waals surface area contributed by atoms with Crippen LogP contribution in [0.2, 0.25) is 0 Å². The predicted molar refractivity (Wildman–Crippen MR) is 107 cm³/mol. The van der Waals surface area contributed by atoms with Crippen LogP contribution in [0.4, 0.5) is 11.4 Å². The largest absolute Gasteiger partial charge is 0.497 e. The van der Waals surface area contributed by atoms with Crippen LogP contribution in [0.15, 0.2) is 48.5 Å². The van der Waals surface area contributed by atoms with Crippen molar-refractivity contribution in [3.05, 3.63) is 54.1 Å². The Hall–Kier alpha value is -3.43. The molecule has 29 heavy (non-hydrogen) atoms. The number of morpholine rings is 1. The van der Waals surface area contributed by atoms with Gasteiger partial charge in [-0.25, -0.2) is 0 Å². The summed E-state index contributed by atoms with van der Waals surface area (Å²) < 4.78 is 10.6. The van der Waals surface area contributed by atoms with Crippen LogP contribution < -0.4 is 20.7 Å². The van der Waals surface area contributed by atoms with E-state index in [0.717, 1.165) is 0 Å². The summed E-state index contributed by atoms with van der Waals surface area (Å²) >= 11 is 0. The van der Waals surface area contributed by atoms with E-state index in [9.17, 15) is 14.7 Å². The number of ether oxygens (including phenoxy) is 2. The maximum absolute atomic E-state index is 12.8. The van der Waals surface area contributed by atoms with Crippen molar-refractivity contribution in [2.75, 3.05) is 30.5 Å². The molecule has 0 aromatic heterocycles. The van der Waals surface area contributed by atoms with E-state index in [0.29, 0.717) is 29.2 Å². The van der Waals surface area contributed by atoms with Crippen LogP contribution in [0.1, 0.15) is 5.56 Å². The van der Waals surface area contributed by atoms with Crippen LogP contribution >= 0.6 is 0 Å². The van der Waals surface area contributed by atoms with Crippen molar-refractivity contribution in [3.8, 4) is 5.75 Å². The molecule has 5 N–H and O–H groups in total. The number of methoxy groups -OCH3 is 1. The first-order valence-corrected chi connectivity index (χ1v) is 8.91. The van der Waals surface area contributed by atoms with Gasteiger partial charge in [0.1, 0.15) is 11.6 Å². The molecule has 1 heterocycles. The van der Waals surface area contributed by atoms with E-state index in [-0.39, 0.29) is 12.4 Å². The number of nitrogen functional groups attached to an aromatic ring is 1. The lowest BCUT2D eigenvalue weighted by atomic mass is 10.1. The number of amidine groups is 1. The third-order valence-electron chi connectivity index (χ3n) is 4.51. The van der Waals surface area contributed by atoms with E-state index in [1.54, 1.807) is 48.5 Å². The van der Waals surface area contributed by atoms with Crippen molar-refractivity contribution in [2.24, 2.45) is 5.73 Å². The zero-order valence-electron chi connectivity index (χ0n) is 15.8. The van der Waals surface area contributed by atoms with Crippen LogP contribution in [0.3, 0.4) is 0 Å². The van der Waals surface area contributed by atoms with Gasteiger partial charge in [-0.05, 0) is 36.4 Å². The Kier molecular flexibility index (Phi) is 6.10. The number of hydrogen-bond acceptors (Lipinski definition) is 6. The zero-order chi connectivity index (χ0) is 21.0. The lowest BCUT2D eigenvalue weighted by molar-refractivity contribution is -0.150. The van der Waals surface area contributed by atoms with Crippen molar-refractivity contribution in [1.82, 2.24) is 0 Å². The molecule has 9 heteroatoms. The van der Waals surface area contributed by atoms with E-state index in [1.807, 2.05) is 0 Å². The van der Waals surface area contributed by atoms with Crippen molar-refractivity contribution in [2.45, 2.75) is 12.2 Å². The average molecular weight is 398 g/mol. The first-order chi connectivity index (χ1) is 13.9. The lowest BCUT2D eigenvalue weighted by Gasteiger charge is -2.34. The molecule has 2 aromatic rings. The Balaban J connectivity index is 1.70. The van der Waals surface area contributed by atoms with Gasteiger partial charge < -0.3 is 30.5 Å². The Labute approximate surface area is 167 Å². The van der Waals surface area contributed by atoms with E-state index in [2.05, 4.69) is 5.32 Å². The number of rotatable bonds is 6. The molecule has 0 aliphatic carbocycles. The van der Waals surface area contributed by atoms with Gasteiger partial charge in [0.15, 0.2) is 12.2 Å². The molecule has 1 aliphatic rings. The van der Waals surface area contributed by atoms with Crippen molar-refractivity contribution < 1.29 is 24.2 Å². The number of nitrogens with one attached hydrogen (secondary N) is 2. The van der Waals surface area contributed by atoms with Gasteiger partial charge in [0.2, 0.25) is 0 Å². The second-order valence-electron chi connectivity index (χ2n) is 6.41. The van der Waals surface area contributed by atoms with Crippen LogP contribution in [-0.4, -0.2) is 55.2 Å². The molecule has 0 radical (unpaired) electrons. The number of nitrogens with two attached hydrogens (primary N) is 1. The highest BCUT2D eigenvalue weighted by Crippen LogP contribution is 2.24. The molecule has 1 saturated heterocycles. The Morgan fingerprint density at radius 1 is 1.34 bits per heavy atom. The molecule has 3 rings (SSSR count). The number of anilines is 2. The molecule has 1 fully saturated rings. The molecule has 2 aromatic carbocycles. The average Bonchev–Trinajstić information content (AvgIpc) is 2.73. The van der Waals surface area contributed by atoms with Gasteiger partial charge in [-0.2, -0.15) is 0 Å². The fourth-order valence-corrected chi connectivity index (χ4v) is 2.95. The summed E-state index contributed by atoms with van der Waals surface area (Å²) in [5.41, 5.74) is 6.89. The van der Waals surface area contributed by atoms with Gasteiger partial charge in [0, 0.05) is 29.5 Å². The number of carbonyl (C=O) groups is 2. The SMILES string of the molecule is COc1cccc(N2CCO[C@H]([C@@H](O)C(=O)Nc3ccc(C(=N)N)cc3)C2=O)c1. The summed E-state index contributed by atoms with van der Waals surface area (Å²) in [6.07, 6.45) is -3.02. The molecule has 1 aliphatic heterocycles. The monoisotopic (exact) mass is 398 g/mol. The maximum atomic E-state index is 12.8. The van der Waals surface area contributed by atoms with Crippen LogP contribution in [0.25, 0.3) is 0 Å². The molecule has 2 atom stereocenters. The maximum Gasteiger partial charge on any atom is 0.259 e. The normalized spacial score (nSPS) is 17.5. The number of nitrogens with zero attached hydrogens (tertiary/aromatic N) is 1. The first-order valence-electron chi connectivity index (χ1n) is 8.91. The highest BCUT2D eigenvalue weighted by molar-refractivity contribution is 6.04. The number of benzene rings is 2. The summed E-state index contributed by atoms with van der Waals surface area (Å²) in [6.45, 7) is 0.467. The summed E-state index contributed by atoms with van der Waals surface area (Å²) in [6, 6.07) is 13.2. The minimum atomic E-state index is -1.69. The summed E-state index contributed by atoms with van der Waals surface area (Å²) in [7, 11) is 1.53. The molecule has 152 valence electrons. The molecule has 2 amide bonds. The molecule has 9 nitrogen and oxygen atoms in total. The van der Waals surface area contributed by atoms with Gasteiger partial charge in [0.25, 0.3) is 11.8 Å². The predicted octanol–water partition coefficient (Wildman–Crippen LogP) is 0.711.